The number of thioether (sulfide) groups is 1. The summed E-state index contributed by atoms with van der Waals surface area (Å²) in [7, 11) is 1.22. The van der Waals surface area contributed by atoms with Crippen LogP contribution in [0.2, 0.25) is 0 Å². The second kappa shape index (κ2) is 10.5. The first-order valence-corrected chi connectivity index (χ1v) is 9.34. The quantitative estimate of drug-likeness (QED) is 0.290. The number of hydrogen-bond acceptors (Lipinski definition) is 8. The highest BCUT2D eigenvalue weighted by Gasteiger charge is 2.27. The highest BCUT2D eigenvalue weighted by Crippen LogP contribution is 2.28. The molecule has 0 spiro atoms. The number of nitrogens with one attached hydrogen (secondary N) is 1. The van der Waals surface area contributed by atoms with E-state index in [1.807, 2.05) is 6.92 Å². The minimum absolute atomic E-state index is 0.0428. The number of methoxy groups -OCH3 is 1. The van der Waals surface area contributed by atoms with Crippen LogP contribution < -0.4 is 5.32 Å². The van der Waals surface area contributed by atoms with Gasteiger partial charge in [-0.25, -0.2) is 9.59 Å². The summed E-state index contributed by atoms with van der Waals surface area (Å²) in [6.07, 6.45) is 2.31. The van der Waals surface area contributed by atoms with Crippen molar-refractivity contribution in [2.24, 2.45) is 5.92 Å². The van der Waals surface area contributed by atoms with Gasteiger partial charge >= 0.3 is 11.9 Å². The monoisotopic (exact) mass is 398 g/mol. The summed E-state index contributed by atoms with van der Waals surface area (Å²) in [5.74, 6) is -2.31. The maximum Gasteiger partial charge on any atom is 0.338 e. The van der Waals surface area contributed by atoms with Crippen molar-refractivity contribution in [1.82, 2.24) is 5.32 Å². The lowest BCUT2D eigenvalue weighted by Gasteiger charge is -2.21. The van der Waals surface area contributed by atoms with Gasteiger partial charge < -0.3 is 14.8 Å². The van der Waals surface area contributed by atoms with Gasteiger partial charge in [0.15, 0.2) is 6.61 Å². The predicted molar refractivity (Wildman–Crippen MR) is 98.6 cm³/mol. The van der Waals surface area contributed by atoms with E-state index in [0.29, 0.717) is 11.3 Å². The third kappa shape index (κ3) is 6.24. The molecule has 1 amide bonds. The molecule has 0 saturated heterocycles. The second-order valence-corrected chi connectivity index (χ2v) is 6.52. The molecular formula is C17H22N2O7S. The van der Waals surface area contributed by atoms with Crippen molar-refractivity contribution < 1.29 is 28.8 Å². The van der Waals surface area contributed by atoms with Crippen molar-refractivity contribution in [2.45, 2.75) is 31.2 Å². The molecule has 0 aromatic heterocycles. The van der Waals surface area contributed by atoms with Crippen molar-refractivity contribution in [3.05, 3.63) is 33.9 Å². The van der Waals surface area contributed by atoms with E-state index in [1.165, 1.54) is 31.0 Å². The van der Waals surface area contributed by atoms with Crippen LogP contribution in [0.1, 0.15) is 30.6 Å². The molecule has 0 radical (unpaired) electrons. The number of benzene rings is 1. The van der Waals surface area contributed by atoms with E-state index < -0.39 is 35.4 Å². The van der Waals surface area contributed by atoms with Crippen LogP contribution in [0.4, 0.5) is 5.69 Å². The minimum Gasteiger partial charge on any atom is -0.467 e. The molecular weight excluding hydrogens is 376 g/mol. The van der Waals surface area contributed by atoms with E-state index in [1.54, 1.807) is 13.2 Å². The first-order chi connectivity index (χ1) is 12.7. The number of nitrogens with zero attached hydrogens (tertiary/aromatic N) is 1. The molecule has 1 aromatic rings. The molecule has 9 nitrogen and oxygen atoms in total. The lowest BCUT2D eigenvalue weighted by atomic mass is 9.99. The Kier molecular flexibility index (Phi) is 8.73. The second-order valence-electron chi connectivity index (χ2n) is 5.67. The molecule has 0 aliphatic heterocycles. The Morgan fingerprint density at radius 1 is 1.33 bits per heavy atom. The van der Waals surface area contributed by atoms with E-state index in [0.717, 1.165) is 6.07 Å². The third-order valence-electron chi connectivity index (χ3n) is 3.93. The van der Waals surface area contributed by atoms with Gasteiger partial charge in [-0.2, -0.15) is 0 Å². The summed E-state index contributed by atoms with van der Waals surface area (Å²) >= 11 is 1.18. The maximum absolute atomic E-state index is 12.1. The van der Waals surface area contributed by atoms with E-state index in [2.05, 4.69) is 10.1 Å². The van der Waals surface area contributed by atoms with E-state index in [-0.39, 0.29) is 17.2 Å². The molecule has 27 heavy (non-hydrogen) atoms. The number of ether oxygens (including phenoxy) is 2. The van der Waals surface area contributed by atoms with Crippen molar-refractivity contribution >= 4 is 35.3 Å². The lowest BCUT2D eigenvalue weighted by Crippen LogP contribution is -2.47. The number of amides is 1. The first kappa shape index (κ1) is 22.4. The Morgan fingerprint density at radius 3 is 2.52 bits per heavy atom. The molecule has 1 rings (SSSR count). The van der Waals surface area contributed by atoms with Gasteiger partial charge in [0.2, 0.25) is 0 Å². The van der Waals surface area contributed by atoms with E-state index in [9.17, 15) is 24.5 Å². The van der Waals surface area contributed by atoms with Crippen molar-refractivity contribution in [3.8, 4) is 0 Å². The summed E-state index contributed by atoms with van der Waals surface area (Å²) in [6.45, 7) is 3.01. The number of carbonyl (C=O) groups excluding carboxylic acids is 3. The Balaban J connectivity index is 2.76. The molecule has 0 heterocycles. The van der Waals surface area contributed by atoms with Gasteiger partial charge in [-0.3, -0.25) is 14.9 Å². The van der Waals surface area contributed by atoms with Crippen LogP contribution in [-0.2, 0) is 19.1 Å². The standard InChI is InChI=1S/C17H22N2O7S/c1-5-10(2)15(17(22)25-3)18-14(20)9-26-16(21)11-6-7-13(27-4)12(8-11)19(23)24/h6-8,10,15H,5,9H2,1-4H3,(H,18,20)/t10-,15-/m1/s1. The summed E-state index contributed by atoms with van der Waals surface area (Å²) in [6, 6.07) is 3.07. The smallest absolute Gasteiger partial charge is 0.338 e. The van der Waals surface area contributed by atoms with E-state index >= 15 is 0 Å². The molecule has 148 valence electrons. The summed E-state index contributed by atoms with van der Waals surface area (Å²) in [5.41, 5.74) is -0.261. The van der Waals surface area contributed by atoms with Crippen LogP contribution >= 0.6 is 11.8 Å². The molecule has 0 aliphatic carbocycles. The highest BCUT2D eigenvalue weighted by atomic mass is 32.2. The Labute approximate surface area is 160 Å². The number of rotatable bonds is 9. The van der Waals surface area contributed by atoms with Gasteiger partial charge in [0.25, 0.3) is 11.6 Å². The number of nitro benzene ring substituents is 1. The number of esters is 2. The molecule has 1 aromatic carbocycles. The first-order valence-electron chi connectivity index (χ1n) is 8.11. The SMILES string of the molecule is CC[C@@H](C)[C@@H](NC(=O)COC(=O)c1ccc(SC)c([N+](=O)[O-])c1)C(=O)OC. The highest BCUT2D eigenvalue weighted by molar-refractivity contribution is 7.98. The van der Waals surface area contributed by atoms with Gasteiger partial charge in [-0.1, -0.05) is 20.3 Å². The predicted octanol–water partition coefficient (Wildman–Crippen LogP) is 2.18. The zero-order chi connectivity index (χ0) is 20.6. The van der Waals surface area contributed by atoms with Crippen molar-refractivity contribution in [1.29, 1.82) is 0 Å². The largest absolute Gasteiger partial charge is 0.467 e. The molecule has 0 unspecified atom stereocenters. The Morgan fingerprint density at radius 2 is 2.00 bits per heavy atom. The zero-order valence-corrected chi connectivity index (χ0v) is 16.3. The molecule has 1 N–H and O–H groups in total. The third-order valence-corrected chi connectivity index (χ3v) is 4.72. The fraction of sp³-hybridized carbons (Fsp3) is 0.471. The van der Waals surface area contributed by atoms with Crippen LogP contribution in [-0.4, -0.2) is 48.8 Å². The topological polar surface area (TPSA) is 125 Å². The average Bonchev–Trinajstić information content (AvgIpc) is 2.68. The van der Waals surface area contributed by atoms with Crippen molar-refractivity contribution in [2.75, 3.05) is 20.0 Å². The fourth-order valence-electron chi connectivity index (χ4n) is 2.19. The average molecular weight is 398 g/mol. The minimum atomic E-state index is -0.876. The number of carbonyl (C=O) groups is 3. The van der Waals surface area contributed by atoms with Crippen LogP contribution in [0, 0.1) is 16.0 Å². The van der Waals surface area contributed by atoms with Gasteiger partial charge in [0.05, 0.1) is 22.5 Å². The van der Waals surface area contributed by atoms with E-state index in [4.69, 9.17) is 4.74 Å². The molecule has 0 saturated carbocycles. The maximum atomic E-state index is 12.1. The van der Waals surface area contributed by atoms with Gasteiger partial charge in [0, 0.05) is 6.07 Å². The van der Waals surface area contributed by atoms with Crippen LogP contribution in [0.15, 0.2) is 23.1 Å². The molecule has 10 heteroatoms. The lowest BCUT2D eigenvalue weighted by molar-refractivity contribution is -0.387. The molecule has 0 bridgehead atoms. The normalized spacial score (nSPS) is 12.6. The van der Waals surface area contributed by atoms with Crippen LogP contribution in [0.25, 0.3) is 0 Å². The van der Waals surface area contributed by atoms with Gasteiger partial charge in [0.1, 0.15) is 6.04 Å². The Hall–Kier alpha value is -2.62. The summed E-state index contributed by atoms with van der Waals surface area (Å²) in [4.78, 5) is 46.7. The number of hydrogen-bond donors (Lipinski definition) is 1. The summed E-state index contributed by atoms with van der Waals surface area (Å²) in [5, 5.41) is 13.5. The summed E-state index contributed by atoms with van der Waals surface area (Å²) < 4.78 is 9.55. The van der Waals surface area contributed by atoms with Crippen LogP contribution in [0.3, 0.4) is 0 Å². The molecule has 2 atom stereocenters. The molecule has 0 aliphatic rings. The molecule has 0 fully saturated rings. The van der Waals surface area contributed by atoms with Crippen LogP contribution in [0.5, 0.6) is 0 Å². The van der Waals surface area contributed by atoms with Gasteiger partial charge in [-0.15, -0.1) is 11.8 Å². The Bertz CT molecular complexity index is 723. The van der Waals surface area contributed by atoms with Gasteiger partial charge in [-0.05, 0) is 24.3 Å². The zero-order valence-electron chi connectivity index (χ0n) is 15.5. The number of nitro groups is 1. The fourth-order valence-corrected chi connectivity index (χ4v) is 2.73. The van der Waals surface area contributed by atoms with Crippen molar-refractivity contribution in [3.63, 3.8) is 0 Å².